The van der Waals surface area contributed by atoms with Crippen LogP contribution in [0.5, 0.6) is 0 Å². The minimum Gasteiger partial charge on any atom is -0.349 e. The van der Waals surface area contributed by atoms with E-state index in [1.54, 1.807) is 11.3 Å². The summed E-state index contributed by atoms with van der Waals surface area (Å²) in [5.41, 5.74) is 0. The minimum absolute atomic E-state index is 0.927. The van der Waals surface area contributed by atoms with Gasteiger partial charge < -0.3 is 15.1 Å². The zero-order valence-electron chi connectivity index (χ0n) is 12.1. The number of hydrogen-bond donors (Lipinski definition) is 1. The number of nitrogens with zero attached hydrogens (tertiary/aromatic N) is 3. The van der Waals surface area contributed by atoms with Gasteiger partial charge in [-0.15, -0.1) is 11.3 Å². The molecule has 0 unspecified atom stereocenters. The van der Waals surface area contributed by atoms with Gasteiger partial charge in [-0.05, 0) is 27.4 Å². The molecule has 0 aliphatic rings. The van der Waals surface area contributed by atoms with E-state index in [9.17, 15) is 0 Å². The van der Waals surface area contributed by atoms with Gasteiger partial charge in [-0.1, -0.05) is 6.92 Å². The van der Waals surface area contributed by atoms with Crippen LogP contribution in [0, 0.1) is 0 Å². The first-order chi connectivity index (χ1) is 8.71. The molecule has 104 valence electrons. The van der Waals surface area contributed by atoms with Gasteiger partial charge in [0.15, 0.2) is 5.13 Å². The van der Waals surface area contributed by atoms with Crippen molar-refractivity contribution in [2.45, 2.75) is 27.3 Å². The highest BCUT2D eigenvalue weighted by molar-refractivity contribution is 7.15. The largest absolute Gasteiger partial charge is 0.349 e. The van der Waals surface area contributed by atoms with E-state index in [1.165, 1.54) is 4.88 Å². The maximum atomic E-state index is 4.48. The normalized spacial score (nSPS) is 11.2. The van der Waals surface area contributed by atoms with E-state index in [-0.39, 0.29) is 0 Å². The summed E-state index contributed by atoms with van der Waals surface area (Å²) in [5.74, 6) is 0. The van der Waals surface area contributed by atoms with Crippen LogP contribution >= 0.6 is 11.3 Å². The lowest BCUT2D eigenvalue weighted by atomic mass is 10.5. The molecular formula is C13H26N4S. The maximum absolute atomic E-state index is 4.48. The Bertz CT molecular complexity index is 323. The van der Waals surface area contributed by atoms with Crippen molar-refractivity contribution in [3.05, 3.63) is 11.1 Å². The van der Waals surface area contributed by atoms with Crippen molar-refractivity contribution in [1.29, 1.82) is 0 Å². The highest BCUT2D eigenvalue weighted by atomic mass is 32.1. The molecule has 4 nitrogen and oxygen atoms in total. The molecule has 0 saturated carbocycles. The minimum atomic E-state index is 0.927. The van der Waals surface area contributed by atoms with Crippen LogP contribution in [0.4, 0.5) is 5.13 Å². The maximum Gasteiger partial charge on any atom is 0.185 e. The summed E-state index contributed by atoms with van der Waals surface area (Å²) >= 11 is 1.79. The fourth-order valence-corrected chi connectivity index (χ4v) is 2.67. The zero-order valence-corrected chi connectivity index (χ0v) is 12.9. The summed E-state index contributed by atoms with van der Waals surface area (Å²) in [7, 11) is 2.15. The van der Waals surface area contributed by atoms with Crippen molar-refractivity contribution in [3.8, 4) is 0 Å². The van der Waals surface area contributed by atoms with Crippen LogP contribution in [0.1, 0.15) is 25.6 Å². The Labute approximate surface area is 115 Å². The lowest BCUT2D eigenvalue weighted by molar-refractivity contribution is 0.349. The lowest BCUT2D eigenvalue weighted by Crippen LogP contribution is -2.28. The molecule has 1 rings (SSSR count). The Morgan fingerprint density at radius 1 is 1.22 bits per heavy atom. The molecule has 18 heavy (non-hydrogen) atoms. The molecule has 1 N–H and O–H groups in total. The second-order valence-corrected chi connectivity index (χ2v) is 5.45. The molecule has 0 spiro atoms. The molecule has 1 aromatic heterocycles. The van der Waals surface area contributed by atoms with E-state index in [2.05, 4.69) is 47.9 Å². The molecule has 5 heteroatoms. The number of thiazole rings is 1. The summed E-state index contributed by atoms with van der Waals surface area (Å²) in [6.07, 6.45) is 1.99. The molecule has 0 atom stereocenters. The summed E-state index contributed by atoms with van der Waals surface area (Å²) in [6, 6.07) is 0. The van der Waals surface area contributed by atoms with Gasteiger partial charge in [0.2, 0.25) is 0 Å². The SMILES string of the molecule is CCN(C)CCNCc1cnc(N(CC)CC)s1. The third-order valence-electron chi connectivity index (χ3n) is 3.08. The van der Waals surface area contributed by atoms with Crippen LogP contribution in [0.3, 0.4) is 0 Å². The van der Waals surface area contributed by atoms with E-state index in [0.717, 1.165) is 44.4 Å². The zero-order chi connectivity index (χ0) is 13.4. The summed E-state index contributed by atoms with van der Waals surface area (Å²) in [4.78, 5) is 10.4. The standard InChI is InChI=1S/C13H26N4S/c1-5-16(4)9-8-14-10-12-11-15-13(18-12)17(6-2)7-3/h11,14H,5-10H2,1-4H3. The molecule has 0 aliphatic carbocycles. The van der Waals surface area contributed by atoms with E-state index in [4.69, 9.17) is 0 Å². The number of likely N-dealkylation sites (N-methyl/N-ethyl adjacent to an activating group) is 1. The Morgan fingerprint density at radius 2 is 1.94 bits per heavy atom. The van der Waals surface area contributed by atoms with Crippen molar-refractivity contribution < 1.29 is 0 Å². The fourth-order valence-electron chi connectivity index (χ4n) is 1.66. The monoisotopic (exact) mass is 270 g/mol. The van der Waals surface area contributed by atoms with Gasteiger partial charge in [-0.3, -0.25) is 0 Å². The number of nitrogens with one attached hydrogen (secondary N) is 1. The van der Waals surface area contributed by atoms with E-state index in [0.29, 0.717) is 0 Å². The van der Waals surface area contributed by atoms with Gasteiger partial charge in [0, 0.05) is 43.8 Å². The molecule has 0 radical (unpaired) electrons. The first-order valence-electron chi connectivity index (χ1n) is 6.80. The average molecular weight is 270 g/mol. The Hall–Kier alpha value is -0.650. The average Bonchev–Trinajstić information content (AvgIpc) is 2.84. The highest BCUT2D eigenvalue weighted by Gasteiger charge is 2.07. The van der Waals surface area contributed by atoms with E-state index in [1.807, 2.05) is 6.20 Å². The number of hydrogen-bond acceptors (Lipinski definition) is 5. The summed E-state index contributed by atoms with van der Waals surface area (Å²) < 4.78 is 0. The molecular weight excluding hydrogens is 244 g/mol. The van der Waals surface area contributed by atoms with Crippen LogP contribution in [0.15, 0.2) is 6.20 Å². The van der Waals surface area contributed by atoms with Gasteiger partial charge in [0.25, 0.3) is 0 Å². The molecule has 0 aromatic carbocycles. The van der Waals surface area contributed by atoms with Gasteiger partial charge in [0.1, 0.15) is 0 Å². The van der Waals surface area contributed by atoms with Crippen molar-refractivity contribution in [1.82, 2.24) is 15.2 Å². The van der Waals surface area contributed by atoms with E-state index >= 15 is 0 Å². The predicted molar refractivity (Wildman–Crippen MR) is 80.6 cm³/mol. The Balaban J connectivity index is 2.31. The van der Waals surface area contributed by atoms with Crippen LogP contribution in [-0.4, -0.2) is 49.7 Å². The quantitative estimate of drug-likeness (QED) is 0.696. The Kier molecular flexibility index (Phi) is 7.23. The van der Waals surface area contributed by atoms with Gasteiger partial charge in [-0.25, -0.2) is 4.98 Å². The van der Waals surface area contributed by atoms with Crippen molar-refractivity contribution in [2.24, 2.45) is 0 Å². The molecule has 1 aromatic rings. The topological polar surface area (TPSA) is 31.4 Å². The molecule has 0 amide bonds. The lowest BCUT2D eigenvalue weighted by Gasteiger charge is -2.16. The smallest absolute Gasteiger partial charge is 0.185 e. The second kappa shape index (κ2) is 8.45. The van der Waals surface area contributed by atoms with Crippen LogP contribution < -0.4 is 10.2 Å². The number of anilines is 1. The third kappa shape index (κ3) is 4.92. The van der Waals surface area contributed by atoms with Crippen molar-refractivity contribution in [2.75, 3.05) is 44.7 Å². The number of rotatable bonds is 9. The second-order valence-electron chi connectivity index (χ2n) is 4.35. The number of aromatic nitrogens is 1. The van der Waals surface area contributed by atoms with Gasteiger partial charge in [-0.2, -0.15) is 0 Å². The van der Waals surface area contributed by atoms with Crippen LogP contribution in [0.25, 0.3) is 0 Å². The van der Waals surface area contributed by atoms with Gasteiger partial charge >= 0.3 is 0 Å². The molecule has 1 heterocycles. The highest BCUT2D eigenvalue weighted by Crippen LogP contribution is 2.21. The molecule has 0 aliphatic heterocycles. The Morgan fingerprint density at radius 3 is 2.56 bits per heavy atom. The van der Waals surface area contributed by atoms with E-state index < -0.39 is 0 Å². The van der Waals surface area contributed by atoms with Crippen molar-refractivity contribution >= 4 is 16.5 Å². The van der Waals surface area contributed by atoms with Crippen LogP contribution in [0.2, 0.25) is 0 Å². The molecule has 0 bridgehead atoms. The van der Waals surface area contributed by atoms with Crippen LogP contribution in [-0.2, 0) is 6.54 Å². The summed E-state index contributed by atoms with van der Waals surface area (Å²) in [6.45, 7) is 12.7. The van der Waals surface area contributed by atoms with Crippen molar-refractivity contribution in [3.63, 3.8) is 0 Å². The first kappa shape index (κ1) is 15.4. The molecule has 0 fully saturated rings. The third-order valence-corrected chi connectivity index (χ3v) is 4.14. The predicted octanol–water partition coefficient (Wildman–Crippen LogP) is 2.03. The first-order valence-corrected chi connectivity index (χ1v) is 7.61. The summed E-state index contributed by atoms with van der Waals surface area (Å²) in [5, 5.41) is 4.61. The van der Waals surface area contributed by atoms with Gasteiger partial charge in [0.05, 0.1) is 0 Å². The molecule has 0 saturated heterocycles. The fraction of sp³-hybridized carbons (Fsp3) is 0.769.